The lowest BCUT2D eigenvalue weighted by Gasteiger charge is -2.43. The summed E-state index contributed by atoms with van der Waals surface area (Å²) in [6, 6.07) is 0. The SMILES string of the molecule is CC(C)(C)P(Cl)(=CC(=O)C(F)(F)F)C(C)(C)C. The largest absolute Gasteiger partial charge is 0.454 e. The molecule has 0 aliphatic rings. The van der Waals surface area contributed by atoms with Crippen LogP contribution in [-0.4, -0.2) is 28.1 Å². The van der Waals surface area contributed by atoms with Gasteiger partial charge in [-0.1, -0.05) is 52.8 Å². The summed E-state index contributed by atoms with van der Waals surface area (Å²) < 4.78 is 37.0. The number of hydrogen-bond donors (Lipinski definition) is 0. The number of alkyl halides is 3. The fourth-order valence-electron chi connectivity index (χ4n) is 1.63. The summed E-state index contributed by atoms with van der Waals surface area (Å²) in [7, 11) is 0. The van der Waals surface area contributed by atoms with Crippen LogP contribution in [0.25, 0.3) is 0 Å². The van der Waals surface area contributed by atoms with E-state index >= 15 is 0 Å². The molecule has 0 radical (unpaired) electrons. The number of halogens is 4. The molecule has 0 fully saturated rings. The second kappa shape index (κ2) is 4.62. The van der Waals surface area contributed by atoms with Crippen molar-refractivity contribution in [3.63, 3.8) is 0 Å². The average molecular weight is 291 g/mol. The number of carbonyl (C=O) groups is 1. The Hall–Kier alpha value is 0.0500. The molecule has 0 aliphatic heterocycles. The maximum absolute atomic E-state index is 12.3. The zero-order valence-corrected chi connectivity index (χ0v) is 12.6. The molecular formula is C11H19ClF3OP. The van der Waals surface area contributed by atoms with Crippen molar-refractivity contribution in [2.75, 3.05) is 0 Å². The average Bonchev–Trinajstić information content (AvgIpc) is 1.97. The van der Waals surface area contributed by atoms with Gasteiger partial charge < -0.3 is 0 Å². The van der Waals surface area contributed by atoms with Crippen LogP contribution in [0.5, 0.6) is 0 Å². The van der Waals surface area contributed by atoms with Crippen molar-refractivity contribution in [1.29, 1.82) is 0 Å². The monoisotopic (exact) mass is 290 g/mol. The van der Waals surface area contributed by atoms with E-state index in [1.54, 1.807) is 41.5 Å². The van der Waals surface area contributed by atoms with Gasteiger partial charge in [-0.25, -0.2) is 0 Å². The Morgan fingerprint density at radius 1 is 1.00 bits per heavy atom. The third kappa shape index (κ3) is 3.75. The normalized spacial score (nSPS) is 14.7. The van der Waals surface area contributed by atoms with Crippen LogP contribution in [0.15, 0.2) is 0 Å². The minimum Gasteiger partial charge on any atom is -0.285 e. The van der Waals surface area contributed by atoms with Crippen LogP contribution in [0.4, 0.5) is 13.2 Å². The predicted octanol–water partition coefficient (Wildman–Crippen LogP) is 4.69. The molecule has 0 rings (SSSR count). The van der Waals surface area contributed by atoms with Crippen molar-refractivity contribution < 1.29 is 18.0 Å². The summed E-state index contributed by atoms with van der Waals surface area (Å²) in [6.07, 6.45) is -7.56. The highest BCUT2D eigenvalue weighted by molar-refractivity contribution is 8.00. The summed E-state index contributed by atoms with van der Waals surface area (Å²) in [5.41, 5.74) is 0. The van der Waals surface area contributed by atoms with E-state index in [2.05, 4.69) is 0 Å². The Balaban J connectivity index is 5.87. The van der Waals surface area contributed by atoms with Gasteiger partial charge in [-0.15, -0.1) is 0 Å². The van der Waals surface area contributed by atoms with Gasteiger partial charge in [-0.05, 0) is 16.6 Å². The first-order chi connectivity index (χ1) is 7.13. The van der Waals surface area contributed by atoms with Gasteiger partial charge in [0, 0.05) is 5.80 Å². The molecule has 0 bridgehead atoms. The zero-order chi connectivity index (χ0) is 14.3. The lowest BCUT2D eigenvalue weighted by atomic mass is 10.2. The minimum absolute atomic E-state index is 0.562. The van der Waals surface area contributed by atoms with E-state index in [-0.39, 0.29) is 0 Å². The minimum atomic E-state index is -4.85. The van der Waals surface area contributed by atoms with Crippen molar-refractivity contribution in [3.05, 3.63) is 0 Å². The first-order valence-corrected chi connectivity index (χ1v) is 7.95. The lowest BCUT2D eigenvalue weighted by Crippen LogP contribution is -2.32. The summed E-state index contributed by atoms with van der Waals surface area (Å²) >= 11 is 6.43. The molecule has 17 heavy (non-hydrogen) atoms. The summed E-state index contributed by atoms with van der Waals surface area (Å²) in [5.74, 6) is -1.13. The van der Waals surface area contributed by atoms with E-state index < -0.39 is 28.5 Å². The van der Waals surface area contributed by atoms with E-state index in [9.17, 15) is 18.0 Å². The molecule has 0 unspecified atom stereocenters. The molecule has 0 aromatic carbocycles. The van der Waals surface area contributed by atoms with Gasteiger partial charge in [0.2, 0.25) is 0 Å². The molecule has 0 atom stereocenters. The Morgan fingerprint density at radius 3 is 1.47 bits per heavy atom. The quantitative estimate of drug-likeness (QED) is 0.640. The van der Waals surface area contributed by atoms with Crippen LogP contribution in [0.3, 0.4) is 0 Å². The van der Waals surface area contributed by atoms with Gasteiger partial charge in [-0.2, -0.15) is 13.2 Å². The number of rotatable bonds is 1. The fraction of sp³-hybridized carbons (Fsp3) is 0.818. The third-order valence-electron chi connectivity index (χ3n) is 2.53. The Labute approximate surface area is 105 Å². The van der Waals surface area contributed by atoms with Crippen molar-refractivity contribution in [1.82, 2.24) is 0 Å². The second-order valence-corrected chi connectivity index (χ2v) is 11.8. The van der Waals surface area contributed by atoms with E-state index in [1.165, 1.54) is 0 Å². The van der Waals surface area contributed by atoms with Crippen LogP contribution in [0.1, 0.15) is 41.5 Å². The van der Waals surface area contributed by atoms with E-state index in [0.717, 1.165) is 0 Å². The van der Waals surface area contributed by atoms with Crippen LogP contribution in [0, 0.1) is 0 Å². The molecule has 0 aliphatic carbocycles. The Kier molecular flexibility index (Phi) is 4.63. The van der Waals surface area contributed by atoms with Crippen LogP contribution in [-0.2, 0) is 4.79 Å². The second-order valence-electron chi connectivity index (χ2n) is 5.97. The molecular weight excluding hydrogens is 272 g/mol. The molecule has 102 valence electrons. The highest BCUT2D eigenvalue weighted by Crippen LogP contribution is 2.71. The van der Waals surface area contributed by atoms with Gasteiger partial charge in [-0.3, -0.25) is 4.79 Å². The van der Waals surface area contributed by atoms with E-state index in [0.29, 0.717) is 5.80 Å². The highest BCUT2D eigenvalue weighted by atomic mass is 35.7. The Morgan fingerprint density at radius 2 is 1.29 bits per heavy atom. The molecule has 0 heterocycles. The van der Waals surface area contributed by atoms with Gasteiger partial charge in [0.1, 0.15) is 0 Å². The van der Waals surface area contributed by atoms with E-state index in [4.69, 9.17) is 11.2 Å². The van der Waals surface area contributed by atoms with E-state index in [1.807, 2.05) is 0 Å². The third-order valence-corrected chi connectivity index (χ3v) is 10.4. The number of ketones is 1. The Bertz CT molecular complexity index is 340. The topological polar surface area (TPSA) is 17.1 Å². The summed E-state index contributed by atoms with van der Waals surface area (Å²) in [5, 5.41) is -1.12. The smallest absolute Gasteiger partial charge is 0.285 e. The number of carbonyl (C=O) groups excluding carboxylic acids is 1. The standard InChI is InChI=1S/C11H19ClF3OP/c1-9(2,3)17(12,10(4,5)6)7-8(16)11(13,14)15/h7H,1-6H3. The molecule has 0 aromatic rings. The van der Waals surface area contributed by atoms with Crippen molar-refractivity contribution >= 4 is 29.1 Å². The van der Waals surface area contributed by atoms with Gasteiger partial charge >= 0.3 is 6.18 Å². The predicted molar refractivity (Wildman–Crippen MR) is 69.4 cm³/mol. The molecule has 0 saturated carbocycles. The number of Topliss-reactive ketones (excluding diaryl/α,β-unsaturated/α-hetero) is 1. The molecule has 1 nitrogen and oxygen atoms in total. The molecule has 6 heteroatoms. The van der Waals surface area contributed by atoms with Crippen LogP contribution < -0.4 is 0 Å². The summed E-state index contributed by atoms with van der Waals surface area (Å²) in [4.78, 5) is 11.1. The summed E-state index contributed by atoms with van der Waals surface area (Å²) in [6.45, 7) is 10.6. The van der Waals surface area contributed by atoms with Gasteiger partial charge in [0.25, 0.3) is 5.78 Å². The molecule has 0 saturated heterocycles. The zero-order valence-electron chi connectivity index (χ0n) is 10.9. The van der Waals surface area contributed by atoms with Crippen molar-refractivity contribution in [2.24, 2.45) is 0 Å². The maximum Gasteiger partial charge on any atom is 0.454 e. The fourth-order valence-corrected chi connectivity index (χ4v) is 5.15. The highest BCUT2D eigenvalue weighted by Gasteiger charge is 2.45. The maximum atomic E-state index is 12.3. The number of hydrogen-bond acceptors (Lipinski definition) is 1. The van der Waals surface area contributed by atoms with Crippen LogP contribution >= 0.6 is 17.5 Å². The lowest BCUT2D eigenvalue weighted by molar-refractivity contribution is -0.162. The van der Waals surface area contributed by atoms with Gasteiger partial charge in [0.15, 0.2) is 0 Å². The van der Waals surface area contributed by atoms with Crippen molar-refractivity contribution in [2.45, 2.75) is 58.0 Å². The first-order valence-electron chi connectivity index (χ1n) is 5.18. The van der Waals surface area contributed by atoms with Crippen LogP contribution in [0.2, 0.25) is 0 Å². The molecule has 0 N–H and O–H groups in total. The molecule has 0 spiro atoms. The van der Waals surface area contributed by atoms with Crippen molar-refractivity contribution in [3.8, 4) is 0 Å². The first kappa shape index (κ1) is 17.1. The molecule has 0 aromatic heterocycles. The molecule has 0 amide bonds. The van der Waals surface area contributed by atoms with Gasteiger partial charge in [0.05, 0.1) is 0 Å².